The smallest absolute Gasteiger partial charge is 0.389 e. The molecule has 438 valence electrons. The minimum atomic E-state index is -4.75. The quantitative estimate of drug-likeness (QED) is 0.0287. The third-order valence-corrected chi connectivity index (χ3v) is 19.0. The first-order chi connectivity index (χ1) is 41.0. The number of nitrogens with two attached hydrogens (primary N) is 2. The Bertz CT molecular complexity index is 4110. The molecule has 3 aliphatic rings. The van der Waals surface area contributed by atoms with Gasteiger partial charge in [-0.25, -0.2) is 42.8 Å². The fourth-order valence-corrected chi connectivity index (χ4v) is 14.6. The molecule has 2 saturated heterocycles. The van der Waals surface area contributed by atoms with E-state index in [-0.39, 0.29) is 64.4 Å². The van der Waals surface area contributed by atoms with Crippen molar-refractivity contribution in [1.82, 2.24) is 54.0 Å². The Balaban J connectivity index is 0.674. The lowest BCUT2D eigenvalue weighted by molar-refractivity contribution is -0.0422. The number of para-hydroxylation sites is 1. The van der Waals surface area contributed by atoms with Gasteiger partial charge in [0.15, 0.2) is 47.4 Å². The van der Waals surface area contributed by atoms with Crippen LogP contribution in [0.25, 0.3) is 44.8 Å². The molecule has 2 radical (unpaired) electrons. The van der Waals surface area contributed by atoms with Gasteiger partial charge >= 0.3 is 12.8 Å². The standard InChI is InChI=1S/C53H51BF2N14O12P2S/c1-3-77-84(74,82-45-38(80-51(40(45)56)68-27-61-42-46(57)59-26-60-47(42)68)24-78-83(54,73)81-37-23-76-50(39(37)55)69-28-62-43-48(69)63-53(58)64-49(43)71)85-25-29-12-16-33(17-13-29)79-52(72)30-14-18-32(19-15-30)75-21-20-70-44-34-9-5-4-8-31(34)22-67(2)36-11-7-6-10-35(36)41(44)65-66-70/h4-19,26-28,37-40,45,50-51H,3,20-25H2,1-2H3,(H2,57,59,60)(H3,58,63,64,71)/t37-,38-,39-,40-,45-,50-,51-,83?,84?/m1/s1. The number of nitrogen functional groups attached to an aromatic ring is 2. The summed E-state index contributed by atoms with van der Waals surface area (Å²) in [6, 6.07) is 29.3. The number of aromatic nitrogens is 11. The molecule has 0 bridgehead atoms. The summed E-state index contributed by atoms with van der Waals surface area (Å²) >= 11 is 0.733. The molecule has 4 aromatic carbocycles. The van der Waals surface area contributed by atoms with Gasteiger partial charge in [0.1, 0.15) is 54.0 Å². The van der Waals surface area contributed by atoms with Crippen LogP contribution in [0, 0.1) is 0 Å². The highest BCUT2D eigenvalue weighted by Gasteiger charge is 2.52. The van der Waals surface area contributed by atoms with Crippen molar-refractivity contribution in [2.45, 2.75) is 68.9 Å². The molecule has 5 aromatic heterocycles. The summed E-state index contributed by atoms with van der Waals surface area (Å²) < 4.78 is 112. The van der Waals surface area contributed by atoms with E-state index < -0.39 is 82.1 Å². The number of carbonyl (C=O) groups is 1. The fraction of sp³-hybridized carbons (Fsp3) is 0.302. The number of fused-ring (bicyclic) bond motifs is 7. The lowest BCUT2D eigenvalue weighted by Crippen LogP contribution is -2.34. The molecule has 9 atom stereocenters. The van der Waals surface area contributed by atoms with Crippen LogP contribution in [0.3, 0.4) is 0 Å². The molecular weight excluding hydrogens is 1170 g/mol. The lowest BCUT2D eigenvalue weighted by atomic mass is 9.96. The molecule has 9 aromatic rings. The average Bonchev–Trinajstić information content (AvgIpc) is 2.17. The predicted octanol–water partition coefficient (Wildman–Crippen LogP) is 7.54. The molecule has 2 fully saturated rings. The van der Waals surface area contributed by atoms with E-state index in [4.69, 9.17) is 56.1 Å². The Morgan fingerprint density at radius 1 is 0.859 bits per heavy atom. The summed E-state index contributed by atoms with van der Waals surface area (Å²) in [5, 5.41) is 9.17. The Kier molecular flexibility index (Phi) is 16.1. The van der Waals surface area contributed by atoms with Crippen molar-refractivity contribution in [1.29, 1.82) is 0 Å². The summed E-state index contributed by atoms with van der Waals surface area (Å²) in [6.07, 6.45) is -8.64. The van der Waals surface area contributed by atoms with Crippen LogP contribution in [0.4, 0.5) is 26.2 Å². The summed E-state index contributed by atoms with van der Waals surface area (Å²) in [5.41, 5.74) is 17.8. The number of H-pyrrole nitrogens is 1. The number of imidazole rings is 2. The van der Waals surface area contributed by atoms with Gasteiger partial charge in [0.2, 0.25) is 13.5 Å². The van der Waals surface area contributed by atoms with Crippen LogP contribution in [-0.4, -0.2) is 132 Å². The fourth-order valence-electron chi connectivity index (χ4n) is 10.1. The first kappa shape index (κ1) is 57.5. The van der Waals surface area contributed by atoms with Crippen molar-refractivity contribution >= 4 is 79.0 Å². The van der Waals surface area contributed by atoms with Crippen molar-refractivity contribution in [2.75, 3.05) is 49.8 Å². The maximum atomic E-state index is 17.0. The van der Waals surface area contributed by atoms with E-state index in [1.165, 1.54) is 10.9 Å². The van der Waals surface area contributed by atoms with E-state index in [0.29, 0.717) is 24.4 Å². The number of ether oxygens (including phenoxy) is 4. The molecule has 12 rings (SSSR count). The molecule has 3 aliphatic heterocycles. The number of hydrogen-bond acceptors (Lipinski definition) is 23. The molecule has 0 amide bonds. The van der Waals surface area contributed by atoms with Crippen LogP contribution in [0.15, 0.2) is 121 Å². The van der Waals surface area contributed by atoms with Gasteiger partial charge in [0.05, 0.1) is 50.3 Å². The van der Waals surface area contributed by atoms with Crippen LogP contribution in [0.5, 0.6) is 11.5 Å². The van der Waals surface area contributed by atoms with Gasteiger partial charge in [-0.3, -0.25) is 28.0 Å². The second kappa shape index (κ2) is 23.9. The Morgan fingerprint density at radius 3 is 2.38 bits per heavy atom. The molecule has 5 N–H and O–H groups in total. The highest BCUT2D eigenvalue weighted by atomic mass is 32.7. The molecule has 0 saturated carbocycles. The average molecular weight is 1220 g/mol. The second-order valence-electron chi connectivity index (χ2n) is 19.7. The predicted molar refractivity (Wildman–Crippen MR) is 307 cm³/mol. The van der Waals surface area contributed by atoms with Crippen molar-refractivity contribution in [3.05, 3.63) is 143 Å². The zero-order valence-electron chi connectivity index (χ0n) is 45.1. The summed E-state index contributed by atoms with van der Waals surface area (Å²) in [4.78, 5) is 50.4. The van der Waals surface area contributed by atoms with E-state index in [0.717, 1.165) is 62.4 Å². The third-order valence-electron chi connectivity index (χ3n) is 14.1. The number of aromatic amines is 1. The number of alkyl halides is 2. The molecule has 2 unspecified atom stereocenters. The first-order valence-electron chi connectivity index (χ1n) is 26.4. The summed E-state index contributed by atoms with van der Waals surface area (Å²) in [6.45, 7) is -2.80. The highest BCUT2D eigenvalue weighted by molar-refractivity contribution is 8.54. The lowest BCUT2D eigenvalue weighted by Gasteiger charge is -2.26. The number of rotatable bonds is 20. The van der Waals surface area contributed by atoms with Crippen LogP contribution in [0.2, 0.25) is 0 Å². The zero-order chi connectivity index (χ0) is 59.1. The largest absolute Gasteiger partial charge is 0.492 e. The van der Waals surface area contributed by atoms with Crippen LogP contribution < -0.4 is 31.4 Å². The molecule has 0 aliphatic carbocycles. The third kappa shape index (κ3) is 11.8. The highest BCUT2D eigenvalue weighted by Crippen LogP contribution is 2.64. The Hall–Kier alpha value is -7.92. The van der Waals surface area contributed by atoms with E-state index >= 15 is 8.78 Å². The van der Waals surface area contributed by atoms with Crippen molar-refractivity contribution in [3.8, 4) is 34.0 Å². The van der Waals surface area contributed by atoms with Gasteiger partial charge in [0, 0.05) is 36.2 Å². The van der Waals surface area contributed by atoms with E-state index in [2.05, 4.69) is 76.4 Å². The molecule has 85 heavy (non-hydrogen) atoms. The summed E-state index contributed by atoms with van der Waals surface area (Å²) in [7, 11) is 3.32. The molecule has 0 spiro atoms. The number of anilines is 3. The van der Waals surface area contributed by atoms with Gasteiger partial charge in [-0.15, -0.1) is 5.10 Å². The van der Waals surface area contributed by atoms with E-state index in [9.17, 15) is 18.7 Å². The number of halogens is 2. The normalized spacial score (nSPS) is 21.6. The van der Waals surface area contributed by atoms with Crippen molar-refractivity contribution in [3.63, 3.8) is 0 Å². The number of nitrogens with one attached hydrogen (secondary N) is 1. The van der Waals surface area contributed by atoms with Gasteiger partial charge in [-0.1, -0.05) is 59.8 Å². The van der Waals surface area contributed by atoms with E-state index in [1.807, 2.05) is 28.9 Å². The number of nitrogens with zero attached hydrogens (tertiary/aromatic N) is 11. The molecule has 26 nitrogen and oxygen atoms in total. The van der Waals surface area contributed by atoms with Crippen molar-refractivity contribution in [2.24, 2.45) is 0 Å². The minimum Gasteiger partial charge on any atom is -0.492 e. The zero-order valence-corrected chi connectivity index (χ0v) is 47.7. The molecule has 32 heteroatoms. The topological polar surface area (TPSA) is 318 Å². The summed E-state index contributed by atoms with van der Waals surface area (Å²) in [5.74, 6) is -0.135. The van der Waals surface area contributed by atoms with Crippen LogP contribution in [-0.2, 0) is 55.5 Å². The van der Waals surface area contributed by atoms with Crippen LogP contribution >= 0.6 is 25.7 Å². The SMILES string of the molecule is [B]P(=O)(OC[C@H]1O[C@@H](n2cnc3c(N)ncnc32)[C@H](F)[C@@H]1OP(=O)(OCC)SCc1ccc(OC(=O)c2ccc(OCCn3nnc4c3-c3ccccc3CN(C)c3ccccc3-4)cc2)cc1)O[C@@H]1CO[C@@H](n2cnc3c(=O)[nH]c(N)nc32)[C@@H]1F. The maximum Gasteiger partial charge on any atom is 0.389 e. The first-order valence-corrected chi connectivity index (χ1v) is 31.1. The van der Waals surface area contributed by atoms with Gasteiger partial charge in [-0.05, 0) is 71.9 Å². The second-order valence-corrected chi connectivity index (χ2v) is 25.2. The van der Waals surface area contributed by atoms with Crippen molar-refractivity contribution < 1.29 is 59.7 Å². The van der Waals surface area contributed by atoms with Gasteiger partial charge in [0.25, 0.3) is 13.0 Å². The molecular formula is C53H51BF2N14O12P2S. The number of benzene rings is 4. The minimum absolute atomic E-state index is 0.000844. The number of hydrogen-bond donors (Lipinski definition) is 3. The number of esters is 1. The van der Waals surface area contributed by atoms with Gasteiger partial charge < -0.3 is 48.9 Å². The molecule has 8 heterocycles. The Morgan fingerprint density at radius 2 is 1.59 bits per heavy atom. The maximum absolute atomic E-state index is 17.0. The van der Waals surface area contributed by atoms with Gasteiger partial charge in [-0.2, -0.15) is 4.98 Å². The Labute approximate surface area is 486 Å². The van der Waals surface area contributed by atoms with Crippen LogP contribution in [0.1, 0.15) is 40.9 Å². The number of carbonyl (C=O) groups excluding carboxylic acids is 1. The monoisotopic (exact) mass is 1220 g/mol. The van der Waals surface area contributed by atoms with E-state index in [1.54, 1.807) is 55.5 Å².